The van der Waals surface area contributed by atoms with E-state index >= 15 is 0 Å². The van der Waals surface area contributed by atoms with Crippen molar-refractivity contribution in [2.75, 3.05) is 13.2 Å². The van der Waals surface area contributed by atoms with E-state index in [1.165, 1.54) is 0 Å². The van der Waals surface area contributed by atoms with Gasteiger partial charge in [0.1, 0.15) is 16.9 Å². The van der Waals surface area contributed by atoms with Crippen LogP contribution in [0.15, 0.2) is 42.5 Å². The minimum absolute atomic E-state index is 0.232. The molecule has 1 fully saturated rings. The van der Waals surface area contributed by atoms with Crippen LogP contribution in [0.5, 0.6) is 0 Å². The highest BCUT2D eigenvalue weighted by Gasteiger charge is 2.74. The highest BCUT2D eigenvalue weighted by molar-refractivity contribution is 5.94. The molecular weight excluding hydrogens is 320 g/mol. The first-order valence-corrected chi connectivity index (χ1v) is 8.60. The third-order valence-electron chi connectivity index (χ3n) is 5.32. The lowest BCUT2D eigenvalue weighted by Crippen LogP contribution is -2.54. The Morgan fingerprint density at radius 3 is 2.64 bits per heavy atom. The number of carbonyl (C=O) groups excluding carboxylic acids is 2. The first-order valence-electron chi connectivity index (χ1n) is 8.60. The molecule has 3 aliphatic rings. The smallest absolute Gasteiger partial charge is 0.320 e. The quantitative estimate of drug-likeness (QED) is 0.623. The molecule has 2 heterocycles. The van der Waals surface area contributed by atoms with Crippen LogP contribution in [-0.4, -0.2) is 31.3 Å². The van der Waals surface area contributed by atoms with Gasteiger partial charge in [-0.15, -0.1) is 0 Å². The van der Waals surface area contributed by atoms with Crippen molar-refractivity contribution in [1.82, 2.24) is 0 Å². The van der Waals surface area contributed by atoms with E-state index in [1.807, 2.05) is 42.5 Å². The van der Waals surface area contributed by atoms with Gasteiger partial charge < -0.3 is 14.2 Å². The van der Waals surface area contributed by atoms with E-state index in [0.717, 1.165) is 11.1 Å². The highest BCUT2D eigenvalue weighted by Crippen LogP contribution is 2.64. The molecule has 0 radical (unpaired) electrons. The molecule has 4 rings (SSSR count). The summed E-state index contributed by atoms with van der Waals surface area (Å²) in [5, 5.41) is 0. The Morgan fingerprint density at radius 1 is 1.12 bits per heavy atom. The molecular formula is C20H20O5. The lowest BCUT2D eigenvalue weighted by molar-refractivity contribution is -0.168. The highest BCUT2D eigenvalue weighted by atomic mass is 16.6. The van der Waals surface area contributed by atoms with Crippen molar-refractivity contribution in [1.29, 1.82) is 0 Å². The number of ether oxygens (including phenoxy) is 3. The SMILES string of the molecule is CCOC(=O)[C@H]1[C@H]2C=C[C@@]3(O2)c2ccccc2C=C[C@]13C(=O)OCC. The molecule has 25 heavy (non-hydrogen) atoms. The summed E-state index contributed by atoms with van der Waals surface area (Å²) in [5.74, 6) is -1.65. The first-order chi connectivity index (χ1) is 12.1. The van der Waals surface area contributed by atoms with Gasteiger partial charge in [0.2, 0.25) is 0 Å². The summed E-state index contributed by atoms with van der Waals surface area (Å²) >= 11 is 0. The van der Waals surface area contributed by atoms with Crippen LogP contribution in [0.4, 0.5) is 0 Å². The lowest BCUT2D eigenvalue weighted by Gasteiger charge is -2.44. The summed E-state index contributed by atoms with van der Waals surface area (Å²) in [4.78, 5) is 25.9. The molecule has 0 unspecified atom stereocenters. The molecule has 1 aromatic rings. The maximum absolute atomic E-state index is 13.1. The largest absolute Gasteiger partial charge is 0.466 e. The molecule has 2 aliphatic heterocycles. The fourth-order valence-electron chi connectivity index (χ4n) is 4.38. The van der Waals surface area contributed by atoms with Gasteiger partial charge in [-0.3, -0.25) is 9.59 Å². The van der Waals surface area contributed by atoms with E-state index in [9.17, 15) is 9.59 Å². The number of hydrogen-bond acceptors (Lipinski definition) is 5. The second-order valence-corrected chi connectivity index (χ2v) is 6.42. The molecule has 5 heteroatoms. The van der Waals surface area contributed by atoms with Gasteiger partial charge >= 0.3 is 11.9 Å². The molecule has 2 bridgehead atoms. The van der Waals surface area contributed by atoms with E-state index < -0.39 is 35.0 Å². The number of fused-ring (bicyclic) bond motifs is 2. The fraction of sp³-hybridized carbons (Fsp3) is 0.400. The Morgan fingerprint density at radius 2 is 1.88 bits per heavy atom. The Kier molecular flexibility index (Phi) is 3.58. The van der Waals surface area contributed by atoms with Crippen molar-refractivity contribution in [3.8, 4) is 0 Å². The number of carbonyl (C=O) groups is 2. The standard InChI is InChI=1S/C20H20O5/c1-3-23-17(21)16-15-10-12-20(25-15)14-8-6-5-7-13(14)9-11-19(16,20)18(22)24-4-2/h5-12,15-16H,3-4H2,1-2H3/t15-,16-,19-,20-/m1/s1. The van der Waals surface area contributed by atoms with Crippen molar-refractivity contribution in [3.63, 3.8) is 0 Å². The van der Waals surface area contributed by atoms with E-state index in [2.05, 4.69) is 0 Å². The molecule has 1 spiro atoms. The zero-order chi connectivity index (χ0) is 17.7. The minimum Gasteiger partial charge on any atom is -0.466 e. The summed E-state index contributed by atoms with van der Waals surface area (Å²) in [5.41, 5.74) is -0.441. The summed E-state index contributed by atoms with van der Waals surface area (Å²) in [7, 11) is 0. The van der Waals surface area contributed by atoms with Crippen LogP contribution in [0.1, 0.15) is 25.0 Å². The van der Waals surface area contributed by atoms with Crippen molar-refractivity contribution >= 4 is 18.0 Å². The third kappa shape index (κ3) is 1.87. The van der Waals surface area contributed by atoms with Crippen molar-refractivity contribution in [2.24, 2.45) is 11.3 Å². The van der Waals surface area contributed by atoms with E-state index in [1.54, 1.807) is 19.9 Å². The lowest BCUT2D eigenvalue weighted by atomic mass is 9.57. The minimum atomic E-state index is -1.25. The second-order valence-electron chi connectivity index (χ2n) is 6.42. The van der Waals surface area contributed by atoms with Gasteiger partial charge in [0.25, 0.3) is 0 Å². The molecule has 0 amide bonds. The Hall–Kier alpha value is -2.40. The van der Waals surface area contributed by atoms with Gasteiger partial charge in [-0.05, 0) is 31.1 Å². The zero-order valence-electron chi connectivity index (χ0n) is 14.2. The Balaban J connectivity index is 1.94. The van der Waals surface area contributed by atoms with Gasteiger partial charge in [0.15, 0.2) is 0 Å². The number of hydrogen-bond donors (Lipinski definition) is 0. The molecule has 1 aromatic carbocycles. The van der Waals surface area contributed by atoms with Crippen LogP contribution < -0.4 is 0 Å². The fourth-order valence-corrected chi connectivity index (χ4v) is 4.38. The molecule has 0 saturated carbocycles. The predicted octanol–water partition coefficient (Wildman–Crippen LogP) is 2.61. The molecule has 0 aromatic heterocycles. The van der Waals surface area contributed by atoms with E-state index in [0.29, 0.717) is 0 Å². The predicted molar refractivity (Wildman–Crippen MR) is 90.4 cm³/mol. The average Bonchev–Trinajstić information content (AvgIpc) is 3.17. The summed E-state index contributed by atoms with van der Waals surface area (Å²) in [6.07, 6.45) is 6.89. The van der Waals surface area contributed by atoms with Crippen LogP contribution >= 0.6 is 0 Å². The molecule has 1 saturated heterocycles. The summed E-state index contributed by atoms with van der Waals surface area (Å²) in [6.45, 7) is 3.99. The van der Waals surface area contributed by atoms with Crippen LogP contribution in [0, 0.1) is 11.3 Å². The van der Waals surface area contributed by atoms with Crippen LogP contribution in [0.25, 0.3) is 6.08 Å². The van der Waals surface area contributed by atoms with Gasteiger partial charge in [0, 0.05) is 0 Å². The van der Waals surface area contributed by atoms with Gasteiger partial charge in [0.05, 0.1) is 19.3 Å². The normalized spacial score (nSPS) is 33.7. The average molecular weight is 340 g/mol. The zero-order valence-corrected chi connectivity index (χ0v) is 14.2. The van der Waals surface area contributed by atoms with Crippen LogP contribution in [-0.2, 0) is 29.4 Å². The maximum atomic E-state index is 13.1. The van der Waals surface area contributed by atoms with Crippen LogP contribution in [0.2, 0.25) is 0 Å². The number of benzene rings is 1. The van der Waals surface area contributed by atoms with Gasteiger partial charge in [-0.1, -0.05) is 42.5 Å². The Bertz CT molecular complexity index is 795. The van der Waals surface area contributed by atoms with Crippen LogP contribution in [0.3, 0.4) is 0 Å². The number of rotatable bonds is 4. The summed E-state index contributed by atoms with van der Waals surface area (Å²) in [6, 6.07) is 7.75. The molecule has 1 aliphatic carbocycles. The second kappa shape index (κ2) is 5.56. The van der Waals surface area contributed by atoms with E-state index in [4.69, 9.17) is 14.2 Å². The Labute approximate surface area is 146 Å². The molecule has 0 N–H and O–H groups in total. The monoisotopic (exact) mass is 340 g/mol. The maximum Gasteiger partial charge on any atom is 0.320 e. The molecule has 130 valence electrons. The van der Waals surface area contributed by atoms with Crippen molar-refractivity contribution in [3.05, 3.63) is 53.6 Å². The van der Waals surface area contributed by atoms with Crippen molar-refractivity contribution < 1.29 is 23.8 Å². The molecule has 5 nitrogen and oxygen atoms in total. The van der Waals surface area contributed by atoms with E-state index in [-0.39, 0.29) is 13.2 Å². The van der Waals surface area contributed by atoms with Crippen molar-refractivity contribution in [2.45, 2.75) is 25.6 Å². The third-order valence-corrected chi connectivity index (χ3v) is 5.32. The topological polar surface area (TPSA) is 61.8 Å². The molecule has 4 atom stereocenters. The summed E-state index contributed by atoms with van der Waals surface area (Å²) < 4.78 is 16.9. The first kappa shape index (κ1) is 16.1. The van der Waals surface area contributed by atoms with Gasteiger partial charge in [-0.25, -0.2) is 0 Å². The van der Waals surface area contributed by atoms with Gasteiger partial charge in [-0.2, -0.15) is 0 Å². The number of esters is 2.